The van der Waals surface area contributed by atoms with Crippen LogP contribution in [0.4, 0.5) is 0 Å². The van der Waals surface area contributed by atoms with Crippen LogP contribution in [0.5, 0.6) is 0 Å². The van der Waals surface area contributed by atoms with Crippen LogP contribution in [-0.2, 0) is 13.6 Å². The molecule has 0 aromatic carbocycles. The molecule has 0 bridgehead atoms. The second kappa shape index (κ2) is 5.70. The van der Waals surface area contributed by atoms with Crippen LogP contribution in [0.2, 0.25) is 0 Å². The fourth-order valence-electron chi connectivity index (χ4n) is 2.31. The molecule has 0 radical (unpaired) electrons. The molecular formula is C15H24N4. The summed E-state index contributed by atoms with van der Waals surface area (Å²) in [5.41, 5.74) is 3.28. The van der Waals surface area contributed by atoms with Crippen molar-refractivity contribution < 1.29 is 0 Å². The predicted octanol–water partition coefficient (Wildman–Crippen LogP) is 2.75. The second-order valence-electron chi connectivity index (χ2n) is 5.84. The molecule has 4 nitrogen and oxygen atoms in total. The second-order valence-corrected chi connectivity index (χ2v) is 5.84. The van der Waals surface area contributed by atoms with E-state index in [0.29, 0.717) is 0 Å². The molecule has 0 aliphatic rings. The van der Waals surface area contributed by atoms with Gasteiger partial charge >= 0.3 is 0 Å². The number of fused-ring (bicyclic) bond motifs is 1. The van der Waals surface area contributed by atoms with Gasteiger partial charge in [0, 0.05) is 25.2 Å². The zero-order chi connectivity index (χ0) is 14.0. The summed E-state index contributed by atoms with van der Waals surface area (Å²) in [7, 11) is 4.11. The van der Waals surface area contributed by atoms with Crippen LogP contribution in [0.25, 0.3) is 11.0 Å². The van der Waals surface area contributed by atoms with Crippen LogP contribution in [0.1, 0.15) is 31.5 Å². The van der Waals surface area contributed by atoms with E-state index in [-0.39, 0.29) is 0 Å². The third-order valence-corrected chi connectivity index (χ3v) is 3.46. The molecule has 19 heavy (non-hydrogen) atoms. The number of hydrogen-bond donors (Lipinski definition) is 0. The van der Waals surface area contributed by atoms with Gasteiger partial charge in [-0.05, 0) is 44.5 Å². The van der Waals surface area contributed by atoms with Crippen molar-refractivity contribution in [2.24, 2.45) is 13.0 Å². The summed E-state index contributed by atoms with van der Waals surface area (Å²) >= 11 is 0. The first-order chi connectivity index (χ1) is 8.97. The Balaban J connectivity index is 2.11. The first-order valence-electron chi connectivity index (χ1n) is 6.94. The Morgan fingerprint density at radius 3 is 2.79 bits per heavy atom. The summed E-state index contributed by atoms with van der Waals surface area (Å²) in [6.45, 7) is 8.64. The summed E-state index contributed by atoms with van der Waals surface area (Å²) in [6, 6.07) is 2.22. The highest BCUT2D eigenvalue weighted by Gasteiger charge is 2.08. The highest BCUT2D eigenvalue weighted by molar-refractivity contribution is 5.78. The molecule has 0 aliphatic carbocycles. The van der Waals surface area contributed by atoms with Gasteiger partial charge in [0.15, 0.2) is 5.65 Å². The Bertz CT molecular complexity index is 557. The quantitative estimate of drug-likeness (QED) is 0.829. The lowest BCUT2D eigenvalue weighted by Gasteiger charge is -2.17. The van der Waals surface area contributed by atoms with Crippen molar-refractivity contribution in [1.82, 2.24) is 19.7 Å². The molecule has 2 heterocycles. The van der Waals surface area contributed by atoms with Crippen LogP contribution in [0.15, 0.2) is 12.3 Å². The lowest BCUT2D eigenvalue weighted by Crippen LogP contribution is -2.20. The Morgan fingerprint density at radius 1 is 1.37 bits per heavy atom. The maximum atomic E-state index is 4.52. The predicted molar refractivity (Wildman–Crippen MR) is 79.0 cm³/mol. The Labute approximate surface area is 115 Å². The number of aryl methyl sites for hydroxylation is 2. The monoisotopic (exact) mass is 260 g/mol. The summed E-state index contributed by atoms with van der Waals surface area (Å²) in [5.74, 6) is 0.753. The molecule has 0 saturated heterocycles. The number of aromatic nitrogens is 3. The zero-order valence-corrected chi connectivity index (χ0v) is 12.6. The third-order valence-electron chi connectivity index (χ3n) is 3.46. The number of rotatable bonds is 5. The molecular weight excluding hydrogens is 236 g/mol. The molecule has 0 unspecified atom stereocenters. The van der Waals surface area contributed by atoms with Gasteiger partial charge in [0.2, 0.25) is 0 Å². The first kappa shape index (κ1) is 14.0. The summed E-state index contributed by atoms with van der Waals surface area (Å²) in [4.78, 5) is 6.88. The van der Waals surface area contributed by atoms with Crippen molar-refractivity contribution in [2.45, 2.75) is 33.7 Å². The Kier molecular flexibility index (Phi) is 4.20. The van der Waals surface area contributed by atoms with Crippen LogP contribution in [0.3, 0.4) is 0 Å². The molecule has 0 amide bonds. The van der Waals surface area contributed by atoms with E-state index in [1.165, 1.54) is 12.0 Å². The van der Waals surface area contributed by atoms with Gasteiger partial charge in [-0.25, -0.2) is 4.98 Å². The van der Waals surface area contributed by atoms with Gasteiger partial charge in [0.1, 0.15) is 0 Å². The fraction of sp³-hybridized carbons (Fsp3) is 0.600. The highest BCUT2D eigenvalue weighted by Crippen LogP contribution is 2.17. The highest BCUT2D eigenvalue weighted by atomic mass is 15.3. The Morgan fingerprint density at radius 2 is 2.11 bits per heavy atom. The average molecular weight is 260 g/mol. The smallest absolute Gasteiger partial charge is 0.157 e. The molecule has 0 saturated carbocycles. The summed E-state index contributed by atoms with van der Waals surface area (Å²) < 4.78 is 1.84. The molecule has 4 heteroatoms. The number of hydrogen-bond acceptors (Lipinski definition) is 3. The van der Waals surface area contributed by atoms with Crippen LogP contribution < -0.4 is 0 Å². The van der Waals surface area contributed by atoms with E-state index in [4.69, 9.17) is 0 Å². The van der Waals surface area contributed by atoms with E-state index in [2.05, 4.69) is 41.9 Å². The lowest BCUT2D eigenvalue weighted by atomic mass is 10.1. The van der Waals surface area contributed by atoms with E-state index >= 15 is 0 Å². The third kappa shape index (κ3) is 3.32. The largest absolute Gasteiger partial charge is 0.302 e. The SMILES string of the molecule is Cc1nn(C)c2ncc(CN(C)CCC(C)C)cc12. The van der Waals surface area contributed by atoms with Crippen molar-refractivity contribution in [3.8, 4) is 0 Å². The van der Waals surface area contributed by atoms with Crippen molar-refractivity contribution in [2.75, 3.05) is 13.6 Å². The molecule has 0 N–H and O–H groups in total. The molecule has 2 aromatic rings. The maximum Gasteiger partial charge on any atom is 0.157 e. The van der Waals surface area contributed by atoms with Crippen LogP contribution in [0, 0.1) is 12.8 Å². The van der Waals surface area contributed by atoms with Gasteiger partial charge in [-0.15, -0.1) is 0 Å². The minimum atomic E-state index is 0.753. The van der Waals surface area contributed by atoms with Crippen molar-refractivity contribution in [3.63, 3.8) is 0 Å². The van der Waals surface area contributed by atoms with E-state index in [1.807, 2.05) is 24.9 Å². The van der Waals surface area contributed by atoms with Crippen molar-refractivity contribution in [3.05, 3.63) is 23.5 Å². The zero-order valence-electron chi connectivity index (χ0n) is 12.6. The maximum absolute atomic E-state index is 4.52. The minimum absolute atomic E-state index is 0.753. The van der Waals surface area contributed by atoms with Gasteiger partial charge in [0.25, 0.3) is 0 Å². The van der Waals surface area contributed by atoms with E-state index < -0.39 is 0 Å². The standard InChI is InChI=1S/C15H24N4/c1-11(2)6-7-18(4)10-13-8-14-12(3)17-19(5)15(14)16-9-13/h8-9,11H,6-7,10H2,1-5H3. The van der Waals surface area contributed by atoms with Crippen molar-refractivity contribution in [1.29, 1.82) is 0 Å². The molecule has 2 rings (SSSR count). The van der Waals surface area contributed by atoms with Gasteiger partial charge in [-0.3, -0.25) is 4.68 Å². The first-order valence-corrected chi connectivity index (χ1v) is 6.94. The number of pyridine rings is 1. The Hall–Kier alpha value is -1.42. The summed E-state index contributed by atoms with van der Waals surface area (Å²) in [6.07, 6.45) is 3.20. The molecule has 2 aromatic heterocycles. The van der Waals surface area contributed by atoms with Crippen LogP contribution >= 0.6 is 0 Å². The molecule has 0 fully saturated rings. The van der Waals surface area contributed by atoms with Gasteiger partial charge in [-0.2, -0.15) is 5.10 Å². The van der Waals surface area contributed by atoms with E-state index in [1.54, 1.807) is 0 Å². The molecule has 0 aliphatic heterocycles. The van der Waals surface area contributed by atoms with Crippen LogP contribution in [-0.4, -0.2) is 33.3 Å². The van der Waals surface area contributed by atoms with Gasteiger partial charge in [-0.1, -0.05) is 13.8 Å². The average Bonchev–Trinajstić information content (AvgIpc) is 2.62. The molecule has 0 atom stereocenters. The van der Waals surface area contributed by atoms with Gasteiger partial charge in [0.05, 0.1) is 5.69 Å². The van der Waals surface area contributed by atoms with E-state index in [9.17, 15) is 0 Å². The fourth-order valence-corrected chi connectivity index (χ4v) is 2.31. The topological polar surface area (TPSA) is 34.0 Å². The molecule has 104 valence electrons. The molecule has 0 spiro atoms. The normalized spacial score (nSPS) is 11.9. The minimum Gasteiger partial charge on any atom is -0.302 e. The number of nitrogens with zero attached hydrogens (tertiary/aromatic N) is 4. The van der Waals surface area contributed by atoms with E-state index in [0.717, 1.165) is 35.7 Å². The lowest BCUT2D eigenvalue weighted by molar-refractivity contribution is 0.303. The van der Waals surface area contributed by atoms with Gasteiger partial charge < -0.3 is 4.90 Å². The van der Waals surface area contributed by atoms with Crippen molar-refractivity contribution >= 4 is 11.0 Å². The summed E-state index contributed by atoms with van der Waals surface area (Å²) in [5, 5.41) is 5.57.